The maximum absolute atomic E-state index is 6.80. The van der Waals surface area contributed by atoms with Gasteiger partial charge in [-0.1, -0.05) is 72.6 Å². The van der Waals surface area contributed by atoms with Gasteiger partial charge >= 0.3 is 0 Å². The summed E-state index contributed by atoms with van der Waals surface area (Å²) < 4.78 is 13.3. The molecule has 0 saturated carbocycles. The summed E-state index contributed by atoms with van der Waals surface area (Å²) in [5.74, 6) is 5.12. The number of ether oxygens (including phenoxy) is 1. The zero-order valence-corrected chi connectivity index (χ0v) is 27.2. The van der Waals surface area contributed by atoms with Crippen molar-refractivity contribution in [2.24, 2.45) is 17.8 Å². The fraction of sp³-hybridized carbons (Fsp3) is 0.812. The summed E-state index contributed by atoms with van der Waals surface area (Å²) in [4.78, 5) is 0. The number of hydrogen-bond donors (Lipinski definition) is 0. The van der Waals surface area contributed by atoms with E-state index in [0.29, 0.717) is 5.88 Å². The SMILES string of the molecule is Cc1c(C)c(O[Si](C)(C)C)c(CCl)c2c1O[C@](C)(CCC[C@H](C)CCC[C@H](C)CCCC(C)C)CC2. The van der Waals surface area contributed by atoms with Crippen molar-refractivity contribution in [1.82, 2.24) is 0 Å². The lowest BCUT2D eigenvalue weighted by atomic mass is 9.83. The maximum Gasteiger partial charge on any atom is 0.242 e. The lowest BCUT2D eigenvalue weighted by Gasteiger charge is -2.39. The second-order valence-corrected chi connectivity index (χ2v) is 18.3. The van der Waals surface area contributed by atoms with E-state index in [9.17, 15) is 0 Å². The van der Waals surface area contributed by atoms with Crippen LogP contribution >= 0.6 is 11.6 Å². The molecule has 0 aliphatic carbocycles. The minimum absolute atomic E-state index is 0.0837. The molecule has 0 bridgehead atoms. The molecule has 1 aliphatic heterocycles. The fourth-order valence-corrected chi connectivity index (χ4v) is 6.89. The van der Waals surface area contributed by atoms with Crippen LogP contribution in [0.3, 0.4) is 0 Å². The average Bonchev–Trinajstić information content (AvgIpc) is 2.77. The van der Waals surface area contributed by atoms with Gasteiger partial charge in [0.05, 0.1) is 5.88 Å². The van der Waals surface area contributed by atoms with Crippen LogP contribution in [0.5, 0.6) is 11.5 Å². The van der Waals surface area contributed by atoms with Crippen LogP contribution in [0.25, 0.3) is 0 Å². The number of alkyl halides is 1. The van der Waals surface area contributed by atoms with Gasteiger partial charge in [-0.15, -0.1) is 11.6 Å². The molecule has 0 fully saturated rings. The molecule has 3 atom stereocenters. The molecule has 208 valence electrons. The Hall–Kier alpha value is -0.673. The van der Waals surface area contributed by atoms with Crippen molar-refractivity contribution in [3.8, 4) is 11.5 Å². The molecule has 0 saturated heterocycles. The summed E-state index contributed by atoms with van der Waals surface area (Å²) in [7, 11) is -1.73. The predicted octanol–water partition coefficient (Wildman–Crippen LogP) is 10.8. The normalized spacial score (nSPS) is 19.7. The molecular weight excluding hydrogens is 480 g/mol. The minimum atomic E-state index is -1.73. The molecule has 2 rings (SSSR count). The van der Waals surface area contributed by atoms with E-state index in [4.69, 9.17) is 20.8 Å². The van der Waals surface area contributed by atoms with Gasteiger partial charge in [-0.3, -0.25) is 0 Å². The first-order chi connectivity index (χ1) is 16.8. The van der Waals surface area contributed by atoms with Crippen LogP contribution in [0.4, 0.5) is 0 Å². The van der Waals surface area contributed by atoms with Crippen molar-refractivity contribution < 1.29 is 9.16 Å². The van der Waals surface area contributed by atoms with Gasteiger partial charge < -0.3 is 9.16 Å². The standard InChI is InChI=1S/C32H57ClO2Si/c1-23(2)14-11-15-24(3)16-12-17-25(4)18-13-20-32(7)21-19-28-29(22-33)31(35-36(8,9)10)27(6)26(5)30(28)34-32/h23-25H,11-22H2,1-10H3/t24-,25-,32-/m1/s1. The first kappa shape index (κ1) is 31.5. The number of benzene rings is 1. The van der Waals surface area contributed by atoms with Crippen LogP contribution in [-0.4, -0.2) is 13.9 Å². The minimum Gasteiger partial charge on any atom is -0.544 e. The molecular formula is C32H57ClO2Si. The number of rotatable bonds is 15. The molecule has 0 unspecified atom stereocenters. The molecule has 1 aromatic rings. The van der Waals surface area contributed by atoms with Crippen LogP contribution in [0.1, 0.15) is 121 Å². The molecule has 0 aromatic heterocycles. The molecule has 0 radical (unpaired) electrons. The Morgan fingerprint density at radius 3 is 1.97 bits per heavy atom. The van der Waals surface area contributed by atoms with Crippen molar-refractivity contribution in [2.75, 3.05) is 0 Å². The topological polar surface area (TPSA) is 18.5 Å². The zero-order chi connectivity index (χ0) is 27.1. The third kappa shape index (κ3) is 9.57. The Morgan fingerprint density at radius 1 is 0.889 bits per heavy atom. The molecule has 1 aliphatic rings. The molecule has 1 heterocycles. The fourth-order valence-electron chi connectivity index (χ4n) is 5.72. The van der Waals surface area contributed by atoms with Crippen molar-refractivity contribution in [1.29, 1.82) is 0 Å². The lowest BCUT2D eigenvalue weighted by molar-refractivity contribution is 0.0512. The van der Waals surface area contributed by atoms with Gasteiger partial charge in [-0.2, -0.15) is 0 Å². The largest absolute Gasteiger partial charge is 0.544 e. The third-order valence-corrected chi connectivity index (χ3v) is 9.31. The maximum atomic E-state index is 6.80. The number of hydrogen-bond acceptors (Lipinski definition) is 2. The van der Waals surface area contributed by atoms with Crippen LogP contribution < -0.4 is 9.16 Å². The van der Waals surface area contributed by atoms with Crippen molar-refractivity contribution in [3.05, 3.63) is 22.3 Å². The van der Waals surface area contributed by atoms with Crippen LogP contribution in [0, 0.1) is 31.6 Å². The van der Waals surface area contributed by atoms with Gasteiger partial charge in [-0.05, 0) is 95.0 Å². The number of fused-ring (bicyclic) bond motifs is 1. The molecule has 0 spiro atoms. The van der Waals surface area contributed by atoms with Crippen LogP contribution in [0.2, 0.25) is 19.6 Å². The van der Waals surface area contributed by atoms with E-state index < -0.39 is 8.32 Å². The molecule has 4 heteroatoms. The van der Waals surface area contributed by atoms with E-state index in [-0.39, 0.29) is 5.60 Å². The highest BCUT2D eigenvalue weighted by Gasteiger charge is 2.35. The third-order valence-electron chi connectivity index (χ3n) is 8.23. The smallest absolute Gasteiger partial charge is 0.242 e. The van der Waals surface area contributed by atoms with Crippen molar-refractivity contribution in [2.45, 2.75) is 150 Å². The first-order valence-electron chi connectivity index (χ1n) is 14.8. The van der Waals surface area contributed by atoms with Gasteiger partial charge in [0.15, 0.2) is 0 Å². The van der Waals surface area contributed by atoms with E-state index in [2.05, 4.69) is 68.1 Å². The predicted molar refractivity (Wildman–Crippen MR) is 162 cm³/mol. The van der Waals surface area contributed by atoms with E-state index in [1.807, 2.05) is 0 Å². The average molecular weight is 537 g/mol. The first-order valence-corrected chi connectivity index (χ1v) is 18.8. The van der Waals surface area contributed by atoms with Gasteiger partial charge in [0.25, 0.3) is 0 Å². The summed E-state index contributed by atoms with van der Waals surface area (Å²) >= 11 is 6.49. The van der Waals surface area contributed by atoms with Gasteiger partial charge in [0, 0.05) is 11.1 Å². The van der Waals surface area contributed by atoms with Gasteiger partial charge in [0.1, 0.15) is 17.1 Å². The highest BCUT2D eigenvalue weighted by Crippen LogP contribution is 2.46. The van der Waals surface area contributed by atoms with Crippen molar-refractivity contribution >= 4 is 19.9 Å². The monoisotopic (exact) mass is 536 g/mol. The molecule has 0 N–H and O–H groups in total. The van der Waals surface area contributed by atoms with Crippen LogP contribution in [0.15, 0.2) is 0 Å². The number of halogens is 1. The Morgan fingerprint density at radius 2 is 1.44 bits per heavy atom. The molecule has 0 amide bonds. The van der Waals surface area contributed by atoms with Crippen LogP contribution in [-0.2, 0) is 12.3 Å². The quantitative estimate of drug-likeness (QED) is 0.164. The summed E-state index contributed by atoms with van der Waals surface area (Å²) in [6.45, 7) is 23.0. The van der Waals surface area contributed by atoms with E-state index in [1.165, 1.54) is 68.1 Å². The molecule has 36 heavy (non-hydrogen) atoms. The Bertz CT molecular complexity index is 829. The second kappa shape index (κ2) is 13.9. The van der Waals surface area contributed by atoms with E-state index in [1.54, 1.807) is 0 Å². The van der Waals surface area contributed by atoms with Crippen molar-refractivity contribution in [3.63, 3.8) is 0 Å². The second-order valence-electron chi connectivity index (χ2n) is 13.6. The van der Waals surface area contributed by atoms with Gasteiger partial charge in [-0.25, -0.2) is 0 Å². The molecule has 1 aromatic carbocycles. The molecule has 2 nitrogen and oxygen atoms in total. The van der Waals surface area contributed by atoms with E-state index in [0.717, 1.165) is 54.1 Å². The Kier molecular flexibility index (Phi) is 12.2. The summed E-state index contributed by atoms with van der Waals surface area (Å²) in [6, 6.07) is 0. The summed E-state index contributed by atoms with van der Waals surface area (Å²) in [6.07, 6.45) is 14.1. The highest BCUT2D eigenvalue weighted by atomic mass is 35.5. The Balaban J connectivity index is 1.89. The Labute approximate surface area is 230 Å². The van der Waals surface area contributed by atoms with Gasteiger partial charge in [0.2, 0.25) is 8.32 Å². The summed E-state index contributed by atoms with van der Waals surface area (Å²) in [5, 5.41) is 0. The zero-order valence-electron chi connectivity index (χ0n) is 25.4. The lowest BCUT2D eigenvalue weighted by Crippen LogP contribution is -2.37. The van der Waals surface area contributed by atoms with E-state index >= 15 is 0 Å². The summed E-state index contributed by atoms with van der Waals surface area (Å²) in [5.41, 5.74) is 4.79. The highest BCUT2D eigenvalue weighted by molar-refractivity contribution is 6.70.